The molecule has 2 unspecified atom stereocenters. The van der Waals surface area contributed by atoms with Crippen molar-refractivity contribution in [3.63, 3.8) is 0 Å². The lowest BCUT2D eigenvalue weighted by Crippen LogP contribution is -2.59. The van der Waals surface area contributed by atoms with Crippen LogP contribution in [0.15, 0.2) is 30.3 Å². The fourth-order valence-corrected chi connectivity index (χ4v) is 2.39. The van der Waals surface area contributed by atoms with Crippen LogP contribution in [0.5, 0.6) is 5.75 Å². The topological polar surface area (TPSA) is 128 Å². The first kappa shape index (κ1) is 22.4. The highest BCUT2D eigenvalue weighted by atomic mass is 16.6. The average molecular weight is 377 g/mol. The van der Waals surface area contributed by atoms with Crippen LogP contribution in [0.3, 0.4) is 0 Å². The summed E-state index contributed by atoms with van der Waals surface area (Å²) in [5.74, 6) is 2.50. The van der Waals surface area contributed by atoms with Gasteiger partial charge in [-0.3, -0.25) is 20.6 Å². The number of aliphatic hydroxyl groups excluding tert-OH is 1. The minimum atomic E-state index is -1.71. The van der Waals surface area contributed by atoms with E-state index >= 15 is 0 Å². The predicted molar refractivity (Wildman–Crippen MR) is 101 cm³/mol. The van der Waals surface area contributed by atoms with Crippen molar-refractivity contribution >= 4 is 5.91 Å². The number of hydrogen-bond acceptors (Lipinski definition) is 6. The molecule has 27 heavy (non-hydrogen) atoms. The van der Waals surface area contributed by atoms with E-state index in [0.29, 0.717) is 5.75 Å². The summed E-state index contributed by atoms with van der Waals surface area (Å²) in [4.78, 5) is 22.1. The quantitative estimate of drug-likeness (QED) is 0.175. The Hall–Kier alpha value is -2.63. The second kappa shape index (κ2) is 9.90. The van der Waals surface area contributed by atoms with E-state index in [9.17, 15) is 20.0 Å². The van der Waals surface area contributed by atoms with Gasteiger partial charge in [0.1, 0.15) is 11.9 Å². The highest BCUT2D eigenvalue weighted by molar-refractivity contribution is 5.77. The molecule has 0 saturated carbocycles. The molecule has 0 spiro atoms. The summed E-state index contributed by atoms with van der Waals surface area (Å²) in [7, 11) is 0. The van der Waals surface area contributed by atoms with Crippen molar-refractivity contribution in [3.8, 4) is 18.1 Å². The Bertz CT molecular complexity index is 672. The summed E-state index contributed by atoms with van der Waals surface area (Å²) < 4.78 is 5.76. The number of carbonyl (C=O) groups is 1. The van der Waals surface area contributed by atoms with Crippen molar-refractivity contribution in [2.45, 2.75) is 44.9 Å². The minimum Gasteiger partial charge on any atom is -0.470 e. The third-order valence-electron chi connectivity index (χ3n) is 3.99. The molecule has 1 aromatic carbocycles. The van der Waals surface area contributed by atoms with Crippen molar-refractivity contribution in [2.75, 3.05) is 13.1 Å². The molecule has 0 fully saturated rings. The van der Waals surface area contributed by atoms with Crippen LogP contribution in [0.4, 0.5) is 0 Å². The van der Waals surface area contributed by atoms with Crippen molar-refractivity contribution in [3.05, 3.63) is 40.4 Å². The van der Waals surface area contributed by atoms with E-state index in [-0.39, 0.29) is 32.4 Å². The van der Waals surface area contributed by atoms with Gasteiger partial charge in [0, 0.05) is 23.3 Å². The highest BCUT2D eigenvalue weighted by Crippen LogP contribution is 2.29. The van der Waals surface area contributed by atoms with E-state index < -0.39 is 28.1 Å². The fourth-order valence-electron chi connectivity index (χ4n) is 2.39. The molecule has 1 amide bonds. The van der Waals surface area contributed by atoms with Gasteiger partial charge in [-0.15, -0.1) is 12.3 Å². The number of aliphatic hydroxyl groups is 1. The summed E-state index contributed by atoms with van der Waals surface area (Å²) in [5, 5.41) is 23.6. The van der Waals surface area contributed by atoms with Crippen LogP contribution >= 0.6 is 0 Å². The van der Waals surface area contributed by atoms with Crippen molar-refractivity contribution in [1.29, 1.82) is 0 Å². The number of hydrogen-bond donors (Lipinski definition) is 3. The molecule has 0 saturated heterocycles. The summed E-state index contributed by atoms with van der Waals surface area (Å²) in [6.45, 7) is 3.44. The van der Waals surface area contributed by atoms with Gasteiger partial charge in [-0.25, -0.2) is 0 Å². The molecule has 0 heterocycles. The van der Waals surface area contributed by atoms with Gasteiger partial charge in [-0.1, -0.05) is 18.2 Å². The van der Waals surface area contributed by atoms with Crippen LogP contribution in [-0.4, -0.2) is 40.9 Å². The molecule has 0 aliphatic heterocycles. The standard InChI is InChI=1S/C19H27N3O5/c1-4-18(2,3)13-16(23)19(20,27-15-9-6-5-7-10-15)14-17(24)21-11-8-12-22(25)26/h1,5-7,9-10,16,23H,8,11-14,20H2,2-3H3,(H,21,24). The molecular weight excluding hydrogens is 350 g/mol. The summed E-state index contributed by atoms with van der Waals surface area (Å²) in [6.07, 6.45) is 4.26. The van der Waals surface area contributed by atoms with Crippen molar-refractivity contribution in [1.82, 2.24) is 5.32 Å². The molecular formula is C19H27N3O5. The fraction of sp³-hybridized carbons (Fsp3) is 0.526. The van der Waals surface area contributed by atoms with Gasteiger partial charge in [0.05, 0.1) is 6.42 Å². The number of rotatable bonds is 11. The van der Waals surface area contributed by atoms with Crippen LogP contribution in [0.1, 0.15) is 33.1 Å². The van der Waals surface area contributed by atoms with Crippen LogP contribution in [0, 0.1) is 27.9 Å². The van der Waals surface area contributed by atoms with Gasteiger partial charge in [-0.2, -0.15) is 0 Å². The number of nitrogens with two attached hydrogens (primary N) is 1. The van der Waals surface area contributed by atoms with Crippen LogP contribution in [0.2, 0.25) is 0 Å². The van der Waals surface area contributed by atoms with E-state index in [4.69, 9.17) is 16.9 Å². The number of benzene rings is 1. The Morgan fingerprint density at radius 3 is 2.63 bits per heavy atom. The van der Waals surface area contributed by atoms with E-state index in [1.165, 1.54) is 0 Å². The number of nitro groups is 1. The lowest BCUT2D eigenvalue weighted by Gasteiger charge is -2.36. The monoisotopic (exact) mass is 377 g/mol. The van der Waals surface area contributed by atoms with Crippen LogP contribution in [0.25, 0.3) is 0 Å². The number of terminal acetylenes is 1. The SMILES string of the molecule is C#CC(C)(C)CC(O)C(N)(CC(=O)NCCC[N+](=O)[O-])Oc1ccccc1. The molecule has 0 aromatic heterocycles. The molecule has 148 valence electrons. The van der Waals surface area contributed by atoms with E-state index in [1.54, 1.807) is 44.2 Å². The van der Waals surface area contributed by atoms with E-state index in [0.717, 1.165) is 0 Å². The lowest BCUT2D eigenvalue weighted by atomic mass is 9.83. The number of para-hydroxylation sites is 1. The van der Waals surface area contributed by atoms with E-state index in [1.807, 2.05) is 0 Å². The zero-order valence-corrected chi connectivity index (χ0v) is 15.7. The van der Waals surface area contributed by atoms with Crippen LogP contribution < -0.4 is 15.8 Å². The largest absolute Gasteiger partial charge is 0.470 e. The molecule has 1 aromatic rings. The van der Waals surface area contributed by atoms with E-state index in [2.05, 4.69) is 11.2 Å². The summed E-state index contributed by atoms with van der Waals surface area (Å²) >= 11 is 0. The number of ether oxygens (including phenoxy) is 1. The maximum Gasteiger partial charge on any atom is 0.225 e. The van der Waals surface area contributed by atoms with Gasteiger partial charge in [0.2, 0.25) is 12.5 Å². The maximum atomic E-state index is 12.2. The number of nitrogens with one attached hydrogen (secondary N) is 1. The molecule has 8 heteroatoms. The predicted octanol–water partition coefficient (Wildman–Crippen LogP) is 1.30. The van der Waals surface area contributed by atoms with Crippen LogP contribution in [-0.2, 0) is 4.79 Å². The zero-order chi connectivity index (χ0) is 20.5. The lowest BCUT2D eigenvalue weighted by molar-refractivity contribution is -0.480. The molecule has 0 bridgehead atoms. The second-order valence-corrected chi connectivity index (χ2v) is 7.05. The summed E-state index contributed by atoms with van der Waals surface area (Å²) in [5.41, 5.74) is 3.93. The Labute approximate surface area is 159 Å². The first-order valence-corrected chi connectivity index (χ1v) is 8.65. The van der Waals surface area contributed by atoms with Gasteiger partial charge in [0.15, 0.2) is 5.72 Å². The molecule has 8 nitrogen and oxygen atoms in total. The first-order chi connectivity index (χ1) is 12.6. The summed E-state index contributed by atoms with van der Waals surface area (Å²) in [6, 6.07) is 8.60. The molecule has 2 atom stereocenters. The first-order valence-electron chi connectivity index (χ1n) is 8.65. The Morgan fingerprint density at radius 2 is 2.07 bits per heavy atom. The zero-order valence-electron chi connectivity index (χ0n) is 15.7. The highest BCUT2D eigenvalue weighted by Gasteiger charge is 2.41. The minimum absolute atomic E-state index is 0.126. The van der Waals surface area contributed by atoms with Gasteiger partial charge >= 0.3 is 0 Å². The number of nitrogens with zero attached hydrogens (tertiary/aromatic N) is 1. The molecule has 1 rings (SSSR count). The Kier molecular flexibility index (Phi) is 8.22. The Balaban J connectivity index is 2.85. The molecule has 0 radical (unpaired) electrons. The van der Waals surface area contributed by atoms with Crippen molar-refractivity contribution < 1.29 is 19.6 Å². The number of amides is 1. The second-order valence-electron chi connectivity index (χ2n) is 7.05. The maximum absolute atomic E-state index is 12.2. The van der Waals surface area contributed by atoms with Crippen molar-refractivity contribution in [2.24, 2.45) is 11.1 Å². The third-order valence-corrected chi connectivity index (χ3v) is 3.99. The van der Waals surface area contributed by atoms with Gasteiger partial charge < -0.3 is 15.2 Å². The molecule has 0 aliphatic rings. The molecule has 0 aliphatic carbocycles. The van der Waals surface area contributed by atoms with Gasteiger partial charge in [-0.05, 0) is 32.4 Å². The Morgan fingerprint density at radius 1 is 1.44 bits per heavy atom. The molecule has 4 N–H and O–H groups in total. The normalized spacial score (nSPS) is 14.5. The van der Waals surface area contributed by atoms with Gasteiger partial charge in [0.25, 0.3) is 0 Å². The third kappa shape index (κ3) is 8.07. The average Bonchev–Trinajstić information content (AvgIpc) is 2.59. The smallest absolute Gasteiger partial charge is 0.225 e. The number of carbonyl (C=O) groups excluding carboxylic acids is 1.